The van der Waals surface area contributed by atoms with Crippen molar-refractivity contribution < 1.29 is 24.2 Å². The van der Waals surface area contributed by atoms with E-state index in [-0.39, 0.29) is 12.6 Å². The summed E-state index contributed by atoms with van der Waals surface area (Å²) in [5.41, 5.74) is 4.58. The molecule has 7 heteroatoms. The van der Waals surface area contributed by atoms with E-state index in [0.29, 0.717) is 6.42 Å². The highest BCUT2D eigenvalue weighted by Gasteiger charge is 2.31. The average Bonchev–Trinajstić information content (AvgIpc) is 2.44. The predicted octanol–water partition coefficient (Wildman–Crippen LogP) is 3.02. The lowest BCUT2D eigenvalue weighted by atomic mass is 10.0. The van der Waals surface area contributed by atoms with Crippen LogP contribution < -0.4 is 5.73 Å². The third kappa shape index (κ3) is 8.77. The SMILES string of the molecule is C[C@@H](CC=O)N(C(=O)OCc1ccccc1)C(C)(C)C.NC(=O)O. The number of carbonyl (C=O) groups is 3. The van der Waals surface area contributed by atoms with Crippen molar-refractivity contribution >= 4 is 18.5 Å². The second-order valence-electron chi connectivity index (χ2n) is 6.17. The Morgan fingerprint density at radius 2 is 1.79 bits per heavy atom. The van der Waals surface area contributed by atoms with Gasteiger partial charge in [-0.3, -0.25) is 0 Å². The van der Waals surface area contributed by atoms with E-state index < -0.39 is 17.7 Å². The van der Waals surface area contributed by atoms with Crippen LogP contribution in [0.2, 0.25) is 0 Å². The number of carbonyl (C=O) groups excluding carboxylic acids is 2. The Labute approximate surface area is 142 Å². The van der Waals surface area contributed by atoms with E-state index in [9.17, 15) is 9.59 Å². The molecule has 0 spiro atoms. The zero-order chi connectivity index (χ0) is 18.8. The third-order valence-electron chi connectivity index (χ3n) is 3.00. The first-order valence-corrected chi connectivity index (χ1v) is 7.51. The smallest absolute Gasteiger partial charge is 0.410 e. The van der Waals surface area contributed by atoms with Gasteiger partial charge in [0.1, 0.15) is 12.9 Å². The molecule has 134 valence electrons. The minimum atomic E-state index is -1.33. The highest BCUT2D eigenvalue weighted by atomic mass is 16.6. The lowest BCUT2D eigenvalue weighted by Crippen LogP contribution is -2.51. The zero-order valence-corrected chi connectivity index (χ0v) is 14.6. The fraction of sp³-hybridized carbons (Fsp3) is 0.471. The molecule has 0 unspecified atom stereocenters. The molecule has 0 radical (unpaired) electrons. The van der Waals surface area contributed by atoms with E-state index in [1.54, 1.807) is 4.90 Å². The molecule has 7 nitrogen and oxygen atoms in total. The molecule has 0 aromatic heterocycles. The molecule has 0 aliphatic carbocycles. The summed E-state index contributed by atoms with van der Waals surface area (Å²) in [6.07, 6.45) is -0.596. The van der Waals surface area contributed by atoms with Gasteiger partial charge in [0.15, 0.2) is 0 Å². The lowest BCUT2D eigenvalue weighted by Gasteiger charge is -2.38. The summed E-state index contributed by atoms with van der Waals surface area (Å²) in [6, 6.07) is 9.35. The number of aldehydes is 1. The number of carboxylic acid groups (broad SMARTS) is 1. The maximum absolute atomic E-state index is 12.3. The molecule has 24 heavy (non-hydrogen) atoms. The van der Waals surface area contributed by atoms with Crippen LogP contribution in [0.4, 0.5) is 9.59 Å². The zero-order valence-electron chi connectivity index (χ0n) is 14.6. The minimum Gasteiger partial charge on any atom is -0.465 e. The van der Waals surface area contributed by atoms with Crippen LogP contribution in [0.25, 0.3) is 0 Å². The van der Waals surface area contributed by atoms with Crippen molar-refractivity contribution in [3.05, 3.63) is 35.9 Å². The van der Waals surface area contributed by atoms with Crippen molar-refractivity contribution in [1.29, 1.82) is 0 Å². The molecule has 2 amide bonds. The normalized spacial score (nSPS) is 11.5. The number of hydrogen-bond acceptors (Lipinski definition) is 4. The first kappa shape index (κ1) is 21.4. The van der Waals surface area contributed by atoms with Crippen LogP contribution >= 0.6 is 0 Å². The Morgan fingerprint density at radius 3 is 2.21 bits per heavy atom. The van der Waals surface area contributed by atoms with Gasteiger partial charge in [-0.1, -0.05) is 30.3 Å². The molecule has 3 N–H and O–H groups in total. The summed E-state index contributed by atoms with van der Waals surface area (Å²) in [5, 5.41) is 7.19. The maximum Gasteiger partial charge on any atom is 0.410 e. The van der Waals surface area contributed by atoms with E-state index in [4.69, 9.17) is 14.6 Å². The summed E-state index contributed by atoms with van der Waals surface area (Å²) in [6.45, 7) is 7.87. The minimum absolute atomic E-state index is 0.184. The first-order valence-electron chi connectivity index (χ1n) is 7.51. The lowest BCUT2D eigenvalue weighted by molar-refractivity contribution is -0.109. The summed E-state index contributed by atoms with van der Waals surface area (Å²) in [7, 11) is 0. The van der Waals surface area contributed by atoms with Gasteiger partial charge in [-0.25, -0.2) is 9.59 Å². The van der Waals surface area contributed by atoms with E-state index in [1.165, 1.54) is 0 Å². The average molecular weight is 338 g/mol. The number of rotatable bonds is 5. The molecular weight excluding hydrogens is 312 g/mol. The van der Waals surface area contributed by atoms with Gasteiger partial charge in [0.25, 0.3) is 0 Å². The van der Waals surface area contributed by atoms with E-state index in [2.05, 4.69) is 5.73 Å². The number of primary amides is 1. The molecule has 0 fully saturated rings. The number of amides is 2. The Bertz CT molecular complexity index is 522. The number of ether oxygens (including phenoxy) is 1. The largest absolute Gasteiger partial charge is 0.465 e. The van der Waals surface area contributed by atoms with Gasteiger partial charge in [0.05, 0.1) is 0 Å². The Hall–Kier alpha value is -2.57. The number of benzene rings is 1. The highest BCUT2D eigenvalue weighted by molar-refractivity contribution is 5.69. The second kappa shape index (κ2) is 10.3. The second-order valence-corrected chi connectivity index (χ2v) is 6.17. The van der Waals surface area contributed by atoms with Crippen LogP contribution in [0, 0.1) is 0 Å². The van der Waals surface area contributed by atoms with Crippen molar-refractivity contribution in [2.45, 2.75) is 52.3 Å². The fourth-order valence-electron chi connectivity index (χ4n) is 2.15. The molecule has 1 aromatic rings. The topological polar surface area (TPSA) is 110 Å². The molecule has 1 atom stereocenters. The standard InChI is InChI=1S/C16H23NO3.CH3NO2/c1-13(10-11-18)17(16(2,3)4)15(19)20-12-14-8-6-5-7-9-14;2-1(3)4/h5-9,11,13H,10,12H2,1-4H3;2H2,(H,3,4)/t13-;/m0./s1. The first-order chi connectivity index (χ1) is 11.1. The van der Waals surface area contributed by atoms with Gasteiger partial charge in [0, 0.05) is 18.0 Å². The van der Waals surface area contributed by atoms with E-state index >= 15 is 0 Å². The van der Waals surface area contributed by atoms with E-state index in [0.717, 1.165) is 11.8 Å². The molecular formula is C17H26N2O5. The Morgan fingerprint density at radius 1 is 1.29 bits per heavy atom. The highest BCUT2D eigenvalue weighted by Crippen LogP contribution is 2.20. The summed E-state index contributed by atoms with van der Waals surface area (Å²) in [5.74, 6) is 0. The van der Waals surface area contributed by atoms with Crippen LogP contribution in [0.1, 0.15) is 39.7 Å². The molecule has 0 saturated heterocycles. The van der Waals surface area contributed by atoms with Gasteiger partial charge < -0.3 is 25.3 Å². The Balaban J connectivity index is 0.00000118. The molecule has 0 saturated carbocycles. The quantitative estimate of drug-likeness (QED) is 0.802. The maximum atomic E-state index is 12.3. The summed E-state index contributed by atoms with van der Waals surface area (Å²) in [4.78, 5) is 33.3. The van der Waals surface area contributed by atoms with Crippen molar-refractivity contribution in [1.82, 2.24) is 4.90 Å². The van der Waals surface area contributed by atoms with Crippen molar-refractivity contribution in [3.63, 3.8) is 0 Å². The van der Waals surface area contributed by atoms with Crippen molar-refractivity contribution in [2.75, 3.05) is 0 Å². The molecule has 1 aromatic carbocycles. The van der Waals surface area contributed by atoms with Crippen LogP contribution in [-0.2, 0) is 16.1 Å². The van der Waals surface area contributed by atoms with Gasteiger partial charge >= 0.3 is 12.2 Å². The molecule has 1 rings (SSSR count). The molecule has 0 aliphatic heterocycles. The molecule has 0 aliphatic rings. The number of hydrogen-bond donors (Lipinski definition) is 2. The third-order valence-corrected chi connectivity index (χ3v) is 3.00. The van der Waals surface area contributed by atoms with Crippen LogP contribution in [-0.4, -0.2) is 40.1 Å². The van der Waals surface area contributed by atoms with Crippen molar-refractivity contribution in [3.8, 4) is 0 Å². The molecule has 0 bridgehead atoms. The summed E-state index contributed by atoms with van der Waals surface area (Å²) >= 11 is 0. The van der Waals surface area contributed by atoms with Gasteiger partial charge in [-0.2, -0.15) is 0 Å². The predicted molar refractivity (Wildman–Crippen MR) is 90.6 cm³/mol. The Kier molecular flexibility index (Phi) is 9.15. The number of nitrogens with zero attached hydrogens (tertiary/aromatic N) is 1. The molecule has 0 heterocycles. The fourth-order valence-corrected chi connectivity index (χ4v) is 2.15. The number of nitrogens with two attached hydrogens (primary N) is 1. The monoisotopic (exact) mass is 338 g/mol. The van der Waals surface area contributed by atoms with Crippen LogP contribution in [0.15, 0.2) is 30.3 Å². The van der Waals surface area contributed by atoms with E-state index in [1.807, 2.05) is 58.0 Å². The van der Waals surface area contributed by atoms with Crippen molar-refractivity contribution in [2.24, 2.45) is 5.73 Å². The van der Waals surface area contributed by atoms with Gasteiger partial charge in [-0.15, -0.1) is 0 Å². The van der Waals surface area contributed by atoms with Gasteiger partial charge in [0.2, 0.25) is 0 Å². The van der Waals surface area contributed by atoms with Gasteiger partial charge in [-0.05, 0) is 33.3 Å². The van der Waals surface area contributed by atoms with Crippen LogP contribution in [0.3, 0.4) is 0 Å². The van der Waals surface area contributed by atoms with Crippen LogP contribution in [0.5, 0.6) is 0 Å². The summed E-state index contributed by atoms with van der Waals surface area (Å²) < 4.78 is 5.36.